The first-order valence-electron chi connectivity index (χ1n) is 4.85. The second-order valence-electron chi connectivity index (χ2n) is 3.97. The Hall–Kier alpha value is -0.950. The second kappa shape index (κ2) is 5.30. The Morgan fingerprint density at radius 1 is 0.500 bits per heavy atom. The van der Waals surface area contributed by atoms with Crippen LogP contribution in [0.5, 0.6) is 0 Å². The van der Waals surface area contributed by atoms with Crippen LogP contribution >= 0.6 is 0 Å². The average Bonchev–Trinajstić information content (AvgIpc) is 2.25. The highest BCUT2D eigenvalue weighted by Gasteiger charge is 2.89. The van der Waals surface area contributed by atoms with Gasteiger partial charge in [-0.3, -0.25) is 0 Å². The molecule has 1 nitrogen and oxygen atoms in total. The van der Waals surface area contributed by atoms with Crippen molar-refractivity contribution in [1.29, 1.82) is 0 Å². The topological polar surface area (TPSA) is 19.9 Å². The van der Waals surface area contributed by atoms with Crippen LogP contribution in [0, 0.1) is 0 Å². The van der Waals surface area contributed by atoms with E-state index < -0.39 is 48.8 Å². The molecule has 0 saturated carbocycles. The lowest BCUT2D eigenvalue weighted by Crippen LogP contribution is -2.71. The molecule has 0 bridgehead atoms. The largest absolute Gasteiger partial charge is 0.460 e. The quantitative estimate of drug-likeness (QED) is 0.639. The highest BCUT2D eigenvalue weighted by Crippen LogP contribution is 2.60. The molecule has 0 aliphatic carbocycles. The molecule has 0 amide bonds. The van der Waals surface area contributed by atoms with Crippen molar-refractivity contribution in [3.8, 4) is 0 Å². The van der Waals surface area contributed by atoms with Crippen molar-refractivity contribution in [2.45, 2.75) is 42.2 Å². The molecule has 14 heteroatoms. The van der Waals surface area contributed by atoms with Gasteiger partial charge in [-0.25, -0.2) is 9.50 Å². The molecule has 0 aliphatic rings. The van der Waals surface area contributed by atoms with Crippen LogP contribution in [0.4, 0.5) is 57.1 Å². The molecule has 22 heavy (non-hydrogen) atoms. The molecule has 0 aromatic rings. The van der Waals surface area contributed by atoms with E-state index in [0.29, 0.717) is 0 Å². The van der Waals surface area contributed by atoms with Gasteiger partial charge in [0.15, 0.2) is 0 Å². The molecule has 0 aromatic carbocycles. The maximum absolute atomic E-state index is 13.2. The van der Waals surface area contributed by atoms with E-state index in [1.54, 1.807) is 0 Å². The van der Waals surface area contributed by atoms with E-state index in [-0.39, 0.29) is 0 Å². The highest BCUT2D eigenvalue weighted by atomic mass is 19.4. The molecule has 0 aromatic heterocycles. The Morgan fingerprint density at radius 2 is 0.864 bits per heavy atom. The summed E-state index contributed by atoms with van der Waals surface area (Å²) in [5.41, 5.74) is -6.58. The van der Waals surface area contributed by atoms with Crippen molar-refractivity contribution in [1.82, 2.24) is 0 Å². The number of alkyl halides is 13. The Balaban J connectivity index is 6.29. The summed E-state index contributed by atoms with van der Waals surface area (Å²) in [6, 6.07) is 0. The minimum atomic E-state index is -7.81. The van der Waals surface area contributed by atoms with Crippen LogP contribution in [-0.2, 0) is 5.11 Å². The number of halogens is 13. The Labute approximate surface area is 112 Å². The summed E-state index contributed by atoms with van der Waals surface area (Å²) >= 11 is 0. The summed E-state index contributed by atoms with van der Waals surface area (Å²) in [4.78, 5) is 0. The zero-order valence-electron chi connectivity index (χ0n) is 9.74. The van der Waals surface area contributed by atoms with Crippen LogP contribution < -0.4 is 0 Å². The zero-order valence-corrected chi connectivity index (χ0v) is 9.74. The zero-order chi connectivity index (χ0) is 18.4. The first-order chi connectivity index (χ1) is 9.31. The van der Waals surface area contributed by atoms with Gasteiger partial charge in [0.05, 0.1) is 6.61 Å². The third-order valence-corrected chi connectivity index (χ3v) is 2.54. The molecule has 133 valence electrons. The molecule has 1 unspecified atom stereocenters. The summed E-state index contributed by atoms with van der Waals surface area (Å²) in [5, 5.41) is 9.88. The maximum Gasteiger partial charge on any atom is 0.460 e. The number of hydrogen-bond acceptors (Lipinski definition) is 0. The van der Waals surface area contributed by atoms with Gasteiger partial charge in [0.1, 0.15) is 0 Å². The maximum atomic E-state index is 13.2. The van der Waals surface area contributed by atoms with Gasteiger partial charge in [-0.05, 0) is 0 Å². The molecule has 0 aliphatic heterocycles. The second-order valence-corrected chi connectivity index (χ2v) is 3.97. The smallest absolute Gasteiger partial charge is 0.237 e. The Bertz CT molecular complexity index is 394. The molecule has 0 N–H and O–H groups in total. The summed E-state index contributed by atoms with van der Waals surface area (Å²) < 4.78 is 161. The molecule has 0 fully saturated rings. The van der Waals surface area contributed by atoms with E-state index in [1.165, 1.54) is 0 Å². The fourth-order valence-electron chi connectivity index (χ4n) is 1.24. The minimum Gasteiger partial charge on any atom is -0.237 e. The Kier molecular flexibility index (Phi) is 5.07. The van der Waals surface area contributed by atoms with E-state index in [1.807, 2.05) is 0 Å². The summed E-state index contributed by atoms with van der Waals surface area (Å²) in [6.07, 6.45) is -17.4. The van der Waals surface area contributed by atoms with Gasteiger partial charge in [0, 0.05) is 6.42 Å². The van der Waals surface area contributed by atoms with E-state index in [2.05, 4.69) is 0 Å². The van der Waals surface area contributed by atoms with Crippen LogP contribution in [-0.4, -0.2) is 42.4 Å². The van der Waals surface area contributed by atoms with Crippen LogP contribution in [0.15, 0.2) is 0 Å². The summed E-state index contributed by atoms with van der Waals surface area (Å²) in [5.74, 6) is -23.1. The molecule has 0 rings (SSSR count). The van der Waals surface area contributed by atoms with E-state index in [9.17, 15) is 62.2 Å². The predicted octanol–water partition coefficient (Wildman–Crippen LogP) is 4.55. The first kappa shape index (κ1) is 21.0. The first-order valence-corrected chi connectivity index (χ1v) is 4.85. The van der Waals surface area contributed by atoms with Crippen molar-refractivity contribution in [2.24, 2.45) is 0 Å². The summed E-state index contributed by atoms with van der Waals surface area (Å²) in [7, 11) is 0. The van der Waals surface area contributed by atoms with Crippen molar-refractivity contribution in [2.75, 3.05) is 6.61 Å². The van der Waals surface area contributed by atoms with Crippen LogP contribution in [0.2, 0.25) is 0 Å². The van der Waals surface area contributed by atoms with Gasteiger partial charge in [-0.15, -0.1) is 0 Å². The number of rotatable bonds is 5. The van der Waals surface area contributed by atoms with Gasteiger partial charge in [0.25, 0.3) is 5.67 Å². The van der Waals surface area contributed by atoms with Crippen molar-refractivity contribution in [3.63, 3.8) is 0 Å². The van der Waals surface area contributed by atoms with Gasteiger partial charge in [0.2, 0.25) is 0 Å². The van der Waals surface area contributed by atoms with E-state index in [4.69, 9.17) is 0 Å². The Morgan fingerprint density at radius 3 is 1.09 bits per heavy atom. The lowest BCUT2D eigenvalue weighted by Gasteiger charge is -2.41. The van der Waals surface area contributed by atoms with Crippen LogP contribution in [0.1, 0.15) is 6.42 Å². The van der Waals surface area contributed by atoms with Gasteiger partial charge >= 0.3 is 30.1 Å². The van der Waals surface area contributed by atoms with Crippen LogP contribution in [0.3, 0.4) is 0 Å². The van der Waals surface area contributed by atoms with Crippen LogP contribution in [0.25, 0.3) is 0 Å². The molecule has 1 radical (unpaired) electrons. The van der Waals surface area contributed by atoms with Gasteiger partial charge < -0.3 is 0 Å². The van der Waals surface area contributed by atoms with E-state index >= 15 is 0 Å². The molecule has 0 spiro atoms. The lowest BCUT2D eigenvalue weighted by molar-refractivity contribution is -0.432. The molecular formula is C8H4F13O. The van der Waals surface area contributed by atoms with Crippen molar-refractivity contribution < 1.29 is 62.2 Å². The normalized spacial score (nSPS) is 18.3. The van der Waals surface area contributed by atoms with E-state index in [0.717, 1.165) is 0 Å². The SMILES string of the molecule is [O]CCC(F)(C(F)(F)F)C(F)(F)C(F)(F)C(F)(F)C(F)(F)F. The van der Waals surface area contributed by atoms with Crippen molar-refractivity contribution in [3.05, 3.63) is 0 Å². The monoisotopic (exact) mass is 363 g/mol. The summed E-state index contributed by atoms with van der Waals surface area (Å²) in [6.45, 7) is -2.43. The van der Waals surface area contributed by atoms with Crippen molar-refractivity contribution >= 4 is 0 Å². The fourth-order valence-corrected chi connectivity index (χ4v) is 1.24. The molecule has 0 heterocycles. The third-order valence-electron chi connectivity index (χ3n) is 2.54. The third kappa shape index (κ3) is 2.69. The lowest BCUT2D eigenvalue weighted by atomic mass is 9.86. The number of hydrogen-bond donors (Lipinski definition) is 0. The highest BCUT2D eigenvalue weighted by molar-refractivity contribution is 5.12. The van der Waals surface area contributed by atoms with Gasteiger partial charge in [-0.2, -0.15) is 52.7 Å². The standard InChI is InChI=1S/C8H4F13O/c9-3(1-2-22,7(16,17)18)4(10,11)5(12,13)6(14,15)8(19,20)21/h1-2H2. The fraction of sp³-hybridized carbons (Fsp3) is 1.00. The average molecular weight is 363 g/mol. The molecule has 0 saturated heterocycles. The minimum absolute atomic E-state index is 2.43. The molecule has 1 atom stereocenters. The predicted molar refractivity (Wildman–Crippen MR) is 41.0 cm³/mol. The molecular weight excluding hydrogens is 359 g/mol. The van der Waals surface area contributed by atoms with Gasteiger partial charge in [-0.1, -0.05) is 0 Å².